The van der Waals surface area contributed by atoms with Crippen molar-refractivity contribution < 1.29 is 9.53 Å². The monoisotopic (exact) mass is 316 g/mol. The molecule has 0 saturated carbocycles. The summed E-state index contributed by atoms with van der Waals surface area (Å²) < 4.78 is 7.69. The molecule has 1 N–H and O–H groups in total. The van der Waals surface area contributed by atoms with Crippen LogP contribution in [-0.4, -0.2) is 50.4 Å². The van der Waals surface area contributed by atoms with E-state index in [1.807, 2.05) is 24.5 Å². The number of carbonyl (C=O) groups is 1. The zero-order valence-electron chi connectivity index (χ0n) is 13.3. The van der Waals surface area contributed by atoms with Crippen molar-refractivity contribution in [3.63, 3.8) is 0 Å². The molecular formula is C15H20N6O2. The summed E-state index contributed by atoms with van der Waals surface area (Å²) in [5.74, 6) is 0.754. The van der Waals surface area contributed by atoms with Crippen LogP contribution in [0.1, 0.15) is 24.5 Å². The molecule has 0 aliphatic carbocycles. The van der Waals surface area contributed by atoms with Crippen molar-refractivity contribution in [1.29, 1.82) is 0 Å². The Bertz CT molecular complexity index is 686. The second kappa shape index (κ2) is 6.74. The fourth-order valence-corrected chi connectivity index (χ4v) is 2.57. The van der Waals surface area contributed by atoms with E-state index in [1.54, 1.807) is 23.5 Å². The lowest BCUT2D eigenvalue weighted by Crippen LogP contribution is -2.44. The maximum atomic E-state index is 12.4. The maximum absolute atomic E-state index is 12.4. The van der Waals surface area contributed by atoms with Crippen LogP contribution in [0.5, 0.6) is 0 Å². The minimum Gasteiger partial charge on any atom is -0.366 e. The molecule has 0 radical (unpaired) electrons. The first kappa shape index (κ1) is 15.4. The number of nitrogens with one attached hydrogen (secondary N) is 1. The van der Waals surface area contributed by atoms with Gasteiger partial charge in [0.2, 0.25) is 0 Å². The van der Waals surface area contributed by atoms with Crippen LogP contribution in [-0.2, 0) is 11.3 Å². The zero-order chi connectivity index (χ0) is 16.2. The lowest BCUT2D eigenvalue weighted by atomic mass is 10.2. The van der Waals surface area contributed by atoms with Gasteiger partial charge in [0.05, 0.1) is 13.2 Å². The van der Waals surface area contributed by atoms with E-state index in [-0.39, 0.29) is 12.1 Å². The normalized spacial score (nSPS) is 18.0. The molecule has 1 aliphatic rings. The largest absolute Gasteiger partial charge is 0.366 e. The summed E-state index contributed by atoms with van der Waals surface area (Å²) in [7, 11) is 0. The van der Waals surface area contributed by atoms with Crippen molar-refractivity contribution in [1.82, 2.24) is 24.6 Å². The molecule has 1 aliphatic heterocycles. The number of carbonyl (C=O) groups excluding carboxylic acids is 1. The zero-order valence-corrected chi connectivity index (χ0v) is 13.3. The molecule has 2 aromatic heterocycles. The van der Waals surface area contributed by atoms with Crippen molar-refractivity contribution in [2.45, 2.75) is 26.5 Å². The van der Waals surface area contributed by atoms with Crippen LogP contribution in [0, 0.1) is 6.92 Å². The van der Waals surface area contributed by atoms with Crippen LogP contribution in [0.15, 0.2) is 24.7 Å². The van der Waals surface area contributed by atoms with Gasteiger partial charge in [0.25, 0.3) is 0 Å². The molecule has 0 bridgehead atoms. The van der Waals surface area contributed by atoms with Gasteiger partial charge in [-0.25, -0.2) is 4.79 Å². The van der Waals surface area contributed by atoms with E-state index >= 15 is 0 Å². The molecule has 0 aromatic carbocycles. The molecule has 1 atom stereocenters. The maximum Gasteiger partial charge on any atom is 0.322 e. The highest BCUT2D eigenvalue weighted by molar-refractivity contribution is 5.89. The Kier molecular flexibility index (Phi) is 4.52. The molecule has 8 heteroatoms. The molecule has 8 nitrogen and oxygen atoms in total. The number of hydrogen-bond acceptors (Lipinski definition) is 5. The van der Waals surface area contributed by atoms with Gasteiger partial charge in [-0.3, -0.25) is 4.98 Å². The van der Waals surface area contributed by atoms with Crippen LogP contribution in [0.2, 0.25) is 0 Å². The number of amides is 2. The van der Waals surface area contributed by atoms with Crippen molar-refractivity contribution in [3.05, 3.63) is 36.2 Å². The Morgan fingerprint density at radius 2 is 2.39 bits per heavy atom. The predicted octanol–water partition coefficient (Wildman–Crippen LogP) is 1.61. The topological polar surface area (TPSA) is 85.2 Å². The summed E-state index contributed by atoms with van der Waals surface area (Å²) in [4.78, 5) is 18.3. The summed E-state index contributed by atoms with van der Waals surface area (Å²) in [6.45, 7) is 6.15. The fraction of sp³-hybridized carbons (Fsp3) is 0.467. The predicted molar refractivity (Wildman–Crippen MR) is 84.0 cm³/mol. The minimum absolute atomic E-state index is 0.147. The van der Waals surface area contributed by atoms with Crippen LogP contribution < -0.4 is 5.32 Å². The number of aryl methyl sites for hydroxylation is 2. The van der Waals surface area contributed by atoms with Crippen LogP contribution in [0.4, 0.5) is 10.5 Å². The Morgan fingerprint density at radius 3 is 3.17 bits per heavy atom. The third-order valence-corrected chi connectivity index (χ3v) is 3.78. The third-order valence-electron chi connectivity index (χ3n) is 3.78. The van der Waals surface area contributed by atoms with E-state index in [1.165, 1.54) is 0 Å². The number of hydrogen-bond donors (Lipinski definition) is 1. The molecular weight excluding hydrogens is 296 g/mol. The summed E-state index contributed by atoms with van der Waals surface area (Å²) in [6.07, 6.45) is 3.10. The SMILES string of the molecule is CCn1cnnc1C1CN(C(=O)Nc2ccnc(C)c2)CCO1. The Balaban J connectivity index is 1.67. The Hall–Kier alpha value is -2.48. The number of anilines is 1. The molecule has 3 rings (SSSR count). The molecule has 2 amide bonds. The number of pyridine rings is 1. The molecule has 23 heavy (non-hydrogen) atoms. The number of aromatic nitrogens is 4. The molecule has 2 aromatic rings. The highest BCUT2D eigenvalue weighted by atomic mass is 16.5. The Labute approximate surface area is 134 Å². The number of nitrogens with zero attached hydrogens (tertiary/aromatic N) is 5. The van der Waals surface area contributed by atoms with Gasteiger partial charge in [0.1, 0.15) is 12.4 Å². The quantitative estimate of drug-likeness (QED) is 0.930. The van der Waals surface area contributed by atoms with E-state index in [0.717, 1.165) is 23.8 Å². The van der Waals surface area contributed by atoms with Gasteiger partial charge in [0, 0.05) is 30.7 Å². The van der Waals surface area contributed by atoms with Gasteiger partial charge in [-0.15, -0.1) is 10.2 Å². The van der Waals surface area contributed by atoms with Gasteiger partial charge in [-0.2, -0.15) is 0 Å². The van der Waals surface area contributed by atoms with Gasteiger partial charge in [-0.1, -0.05) is 0 Å². The van der Waals surface area contributed by atoms with E-state index in [2.05, 4.69) is 20.5 Å². The van der Waals surface area contributed by atoms with Crippen molar-refractivity contribution in [2.75, 3.05) is 25.0 Å². The highest BCUT2D eigenvalue weighted by Gasteiger charge is 2.28. The second-order valence-electron chi connectivity index (χ2n) is 5.40. The van der Waals surface area contributed by atoms with Crippen molar-refractivity contribution in [2.24, 2.45) is 0 Å². The average molecular weight is 316 g/mol. The minimum atomic E-state index is -0.254. The van der Waals surface area contributed by atoms with E-state index in [4.69, 9.17) is 4.74 Å². The smallest absolute Gasteiger partial charge is 0.322 e. The van der Waals surface area contributed by atoms with Crippen molar-refractivity contribution in [3.8, 4) is 0 Å². The summed E-state index contributed by atoms with van der Waals surface area (Å²) in [5.41, 5.74) is 1.60. The molecule has 1 fully saturated rings. The van der Waals surface area contributed by atoms with Crippen LogP contribution >= 0.6 is 0 Å². The van der Waals surface area contributed by atoms with Crippen LogP contribution in [0.25, 0.3) is 0 Å². The third kappa shape index (κ3) is 3.48. The summed E-state index contributed by atoms with van der Waals surface area (Å²) in [5, 5.41) is 10.9. The first-order chi connectivity index (χ1) is 11.2. The van der Waals surface area contributed by atoms with Gasteiger partial charge < -0.3 is 19.5 Å². The van der Waals surface area contributed by atoms with Gasteiger partial charge in [-0.05, 0) is 26.0 Å². The summed E-state index contributed by atoms with van der Waals surface area (Å²) >= 11 is 0. The lowest BCUT2D eigenvalue weighted by molar-refractivity contribution is -0.0199. The summed E-state index contributed by atoms with van der Waals surface area (Å²) in [6, 6.07) is 3.46. The van der Waals surface area contributed by atoms with E-state index in [0.29, 0.717) is 19.7 Å². The van der Waals surface area contributed by atoms with Gasteiger partial charge >= 0.3 is 6.03 Å². The van der Waals surface area contributed by atoms with E-state index < -0.39 is 0 Å². The number of ether oxygens (including phenoxy) is 1. The number of morpholine rings is 1. The molecule has 0 spiro atoms. The molecule has 1 unspecified atom stereocenters. The lowest BCUT2D eigenvalue weighted by Gasteiger charge is -2.32. The average Bonchev–Trinajstić information content (AvgIpc) is 3.03. The van der Waals surface area contributed by atoms with Gasteiger partial charge in [0.15, 0.2) is 5.82 Å². The molecule has 1 saturated heterocycles. The second-order valence-corrected chi connectivity index (χ2v) is 5.40. The Morgan fingerprint density at radius 1 is 1.52 bits per heavy atom. The molecule has 3 heterocycles. The number of urea groups is 1. The van der Waals surface area contributed by atoms with Crippen LogP contribution in [0.3, 0.4) is 0 Å². The first-order valence-electron chi connectivity index (χ1n) is 7.65. The molecule has 122 valence electrons. The fourth-order valence-electron chi connectivity index (χ4n) is 2.57. The van der Waals surface area contributed by atoms with Crippen molar-refractivity contribution >= 4 is 11.7 Å². The highest BCUT2D eigenvalue weighted by Crippen LogP contribution is 2.21. The van der Waals surface area contributed by atoms with E-state index in [9.17, 15) is 4.79 Å². The first-order valence-corrected chi connectivity index (χ1v) is 7.65. The standard InChI is InChI=1S/C15H20N6O2/c1-3-20-10-17-19-14(20)13-9-21(6-7-23-13)15(22)18-12-4-5-16-11(2)8-12/h4-5,8,10,13H,3,6-7,9H2,1-2H3,(H,16,18,22). The number of rotatable bonds is 3.